The summed E-state index contributed by atoms with van der Waals surface area (Å²) >= 11 is 0. The van der Waals surface area contributed by atoms with E-state index in [1.54, 1.807) is 6.20 Å². The van der Waals surface area contributed by atoms with Crippen LogP contribution in [-0.2, 0) is 0 Å². The van der Waals surface area contributed by atoms with Gasteiger partial charge in [-0.05, 0) is 12.1 Å². The Bertz CT molecular complexity index is 405. The highest BCUT2D eigenvalue weighted by molar-refractivity contribution is 5.61. The fraction of sp³-hybridized carbons (Fsp3) is 0.200. The third kappa shape index (κ3) is 1.59. The van der Waals surface area contributed by atoms with Gasteiger partial charge in [-0.2, -0.15) is 5.10 Å². The van der Waals surface area contributed by atoms with Crippen molar-refractivity contribution < 1.29 is 0 Å². The van der Waals surface area contributed by atoms with E-state index in [0.29, 0.717) is 0 Å². The molecule has 2 aromatic heterocycles. The Labute approximate surface area is 82.6 Å². The standard InChI is InChI=1S/C10H12N4/c1-14(2)10-6-9(12-13-10)8-4-3-5-11-7-8/h3-7H,1-2H3,(H,12,13). The average molecular weight is 188 g/mol. The van der Waals surface area contributed by atoms with E-state index in [1.807, 2.05) is 43.4 Å². The van der Waals surface area contributed by atoms with Crippen molar-refractivity contribution in [2.24, 2.45) is 0 Å². The molecule has 0 amide bonds. The van der Waals surface area contributed by atoms with Gasteiger partial charge < -0.3 is 4.90 Å². The average Bonchev–Trinajstić information content (AvgIpc) is 2.68. The molecule has 2 rings (SSSR count). The van der Waals surface area contributed by atoms with Gasteiger partial charge in [0.25, 0.3) is 0 Å². The molecule has 1 N–H and O–H groups in total. The molecular weight excluding hydrogens is 176 g/mol. The molecule has 0 fully saturated rings. The first-order valence-electron chi connectivity index (χ1n) is 4.40. The first-order chi connectivity index (χ1) is 6.77. The molecule has 0 bridgehead atoms. The maximum Gasteiger partial charge on any atom is 0.150 e. The number of pyridine rings is 1. The number of rotatable bonds is 2. The lowest BCUT2D eigenvalue weighted by atomic mass is 10.2. The maximum atomic E-state index is 4.17. The molecule has 0 aliphatic carbocycles. The maximum absolute atomic E-state index is 4.17. The molecule has 14 heavy (non-hydrogen) atoms. The van der Waals surface area contributed by atoms with Crippen LogP contribution < -0.4 is 4.90 Å². The van der Waals surface area contributed by atoms with Crippen molar-refractivity contribution in [3.05, 3.63) is 30.6 Å². The van der Waals surface area contributed by atoms with Gasteiger partial charge in [-0.15, -0.1) is 0 Å². The second-order valence-corrected chi connectivity index (χ2v) is 3.28. The summed E-state index contributed by atoms with van der Waals surface area (Å²) in [6.07, 6.45) is 3.57. The minimum atomic E-state index is 0.920. The predicted octanol–water partition coefficient (Wildman–Crippen LogP) is 1.54. The summed E-state index contributed by atoms with van der Waals surface area (Å²) in [6, 6.07) is 5.91. The van der Waals surface area contributed by atoms with Crippen LogP contribution in [0.25, 0.3) is 11.3 Å². The minimum Gasteiger partial charge on any atom is -0.361 e. The van der Waals surface area contributed by atoms with Crippen molar-refractivity contribution in [1.82, 2.24) is 15.2 Å². The molecule has 0 saturated carbocycles. The summed E-state index contributed by atoms with van der Waals surface area (Å²) in [7, 11) is 3.92. The van der Waals surface area contributed by atoms with Crippen LogP contribution in [0.2, 0.25) is 0 Å². The lowest BCUT2D eigenvalue weighted by Crippen LogP contribution is -2.08. The van der Waals surface area contributed by atoms with Crippen molar-refractivity contribution in [3.63, 3.8) is 0 Å². The summed E-state index contributed by atoms with van der Waals surface area (Å²) in [4.78, 5) is 6.01. The molecule has 0 radical (unpaired) electrons. The molecular formula is C10H12N4. The topological polar surface area (TPSA) is 44.8 Å². The third-order valence-corrected chi connectivity index (χ3v) is 2.00. The Kier molecular flexibility index (Phi) is 2.18. The van der Waals surface area contributed by atoms with Crippen LogP contribution in [0.15, 0.2) is 30.6 Å². The van der Waals surface area contributed by atoms with Gasteiger partial charge in [0.15, 0.2) is 0 Å². The number of nitrogens with zero attached hydrogens (tertiary/aromatic N) is 3. The second kappa shape index (κ2) is 3.49. The summed E-state index contributed by atoms with van der Waals surface area (Å²) in [5.41, 5.74) is 2.04. The number of H-pyrrole nitrogens is 1. The highest BCUT2D eigenvalue weighted by Crippen LogP contribution is 2.19. The van der Waals surface area contributed by atoms with Gasteiger partial charge in [-0.3, -0.25) is 10.1 Å². The molecule has 0 saturated heterocycles. The molecule has 4 nitrogen and oxygen atoms in total. The highest BCUT2D eigenvalue weighted by Gasteiger charge is 2.03. The molecule has 0 atom stereocenters. The zero-order chi connectivity index (χ0) is 9.97. The highest BCUT2D eigenvalue weighted by atomic mass is 15.2. The first-order valence-corrected chi connectivity index (χ1v) is 4.40. The fourth-order valence-corrected chi connectivity index (χ4v) is 1.21. The van der Waals surface area contributed by atoms with E-state index >= 15 is 0 Å². The van der Waals surface area contributed by atoms with Crippen molar-refractivity contribution in [1.29, 1.82) is 0 Å². The number of hydrogen-bond acceptors (Lipinski definition) is 3. The Morgan fingerprint density at radius 1 is 1.36 bits per heavy atom. The summed E-state index contributed by atoms with van der Waals surface area (Å²) in [5.74, 6) is 0.920. The smallest absolute Gasteiger partial charge is 0.150 e. The lowest BCUT2D eigenvalue weighted by molar-refractivity contribution is 1.01. The van der Waals surface area contributed by atoms with Gasteiger partial charge in [0.2, 0.25) is 0 Å². The number of aromatic nitrogens is 3. The van der Waals surface area contributed by atoms with Crippen LogP contribution in [0.4, 0.5) is 5.82 Å². The van der Waals surface area contributed by atoms with E-state index in [-0.39, 0.29) is 0 Å². The number of aromatic amines is 1. The van der Waals surface area contributed by atoms with Gasteiger partial charge in [-0.1, -0.05) is 0 Å². The predicted molar refractivity (Wildman–Crippen MR) is 56.1 cm³/mol. The Morgan fingerprint density at radius 2 is 2.21 bits per heavy atom. The summed E-state index contributed by atoms with van der Waals surface area (Å²) in [5, 5.41) is 7.14. The molecule has 0 unspecified atom stereocenters. The number of nitrogens with one attached hydrogen (secondary N) is 1. The molecule has 72 valence electrons. The molecule has 0 spiro atoms. The fourth-order valence-electron chi connectivity index (χ4n) is 1.21. The number of anilines is 1. The normalized spacial score (nSPS) is 10.1. The SMILES string of the molecule is CN(C)c1cc(-c2cccnc2)[nH]n1. The Hall–Kier alpha value is -1.84. The van der Waals surface area contributed by atoms with Crippen LogP contribution in [0, 0.1) is 0 Å². The van der Waals surface area contributed by atoms with E-state index < -0.39 is 0 Å². The Balaban J connectivity index is 2.34. The zero-order valence-electron chi connectivity index (χ0n) is 8.23. The van der Waals surface area contributed by atoms with Crippen LogP contribution in [0.5, 0.6) is 0 Å². The van der Waals surface area contributed by atoms with Gasteiger partial charge >= 0.3 is 0 Å². The first kappa shape index (κ1) is 8.74. The molecule has 0 aromatic carbocycles. The van der Waals surface area contributed by atoms with Crippen LogP contribution in [0.1, 0.15) is 0 Å². The van der Waals surface area contributed by atoms with Gasteiger partial charge in [0, 0.05) is 38.1 Å². The van der Waals surface area contributed by atoms with Crippen molar-refractivity contribution >= 4 is 5.82 Å². The van der Waals surface area contributed by atoms with Crippen molar-refractivity contribution in [3.8, 4) is 11.3 Å². The molecule has 0 aliphatic rings. The zero-order valence-corrected chi connectivity index (χ0v) is 8.23. The van der Waals surface area contributed by atoms with E-state index in [4.69, 9.17) is 0 Å². The third-order valence-electron chi connectivity index (χ3n) is 2.00. The number of hydrogen-bond donors (Lipinski definition) is 1. The van der Waals surface area contributed by atoms with Gasteiger partial charge in [0.05, 0.1) is 5.69 Å². The van der Waals surface area contributed by atoms with Gasteiger partial charge in [-0.25, -0.2) is 0 Å². The van der Waals surface area contributed by atoms with E-state index in [9.17, 15) is 0 Å². The van der Waals surface area contributed by atoms with Crippen LogP contribution in [0.3, 0.4) is 0 Å². The molecule has 2 heterocycles. The van der Waals surface area contributed by atoms with Crippen molar-refractivity contribution in [2.45, 2.75) is 0 Å². The van der Waals surface area contributed by atoms with Gasteiger partial charge in [0.1, 0.15) is 5.82 Å². The molecule has 0 aliphatic heterocycles. The van der Waals surface area contributed by atoms with E-state index in [0.717, 1.165) is 17.1 Å². The Morgan fingerprint density at radius 3 is 2.79 bits per heavy atom. The van der Waals surface area contributed by atoms with Crippen molar-refractivity contribution in [2.75, 3.05) is 19.0 Å². The monoisotopic (exact) mass is 188 g/mol. The minimum absolute atomic E-state index is 0.920. The molecule has 2 aromatic rings. The second-order valence-electron chi connectivity index (χ2n) is 3.28. The van der Waals surface area contributed by atoms with Crippen LogP contribution >= 0.6 is 0 Å². The van der Waals surface area contributed by atoms with E-state index in [2.05, 4.69) is 15.2 Å². The molecule has 4 heteroatoms. The quantitative estimate of drug-likeness (QED) is 0.777. The van der Waals surface area contributed by atoms with E-state index in [1.165, 1.54) is 0 Å². The largest absolute Gasteiger partial charge is 0.361 e. The summed E-state index contributed by atoms with van der Waals surface area (Å²) in [6.45, 7) is 0. The summed E-state index contributed by atoms with van der Waals surface area (Å²) < 4.78 is 0. The van der Waals surface area contributed by atoms with Crippen LogP contribution in [-0.4, -0.2) is 29.3 Å². The lowest BCUT2D eigenvalue weighted by Gasteiger charge is -2.05.